The number of halogens is 1. The van der Waals surface area contributed by atoms with E-state index in [2.05, 4.69) is 11.9 Å². The Labute approximate surface area is 191 Å². The molecule has 32 heavy (non-hydrogen) atoms. The molecule has 0 amide bonds. The van der Waals surface area contributed by atoms with Crippen LogP contribution in [0.4, 0.5) is 5.69 Å². The predicted molar refractivity (Wildman–Crippen MR) is 124 cm³/mol. The van der Waals surface area contributed by atoms with Crippen LogP contribution in [0.25, 0.3) is 6.08 Å². The second kappa shape index (κ2) is 11.4. The van der Waals surface area contributed by atoms with Crippen LogP contribution in [0.1, 0.15) is 56.6 Å². The van der Waals surface area contributed by atoms with Crippen molar-refractivity contribution >= 4 is 35.2 Å². The molecule has 1 aliphatic heterocycles. The molecule has 168 valence electrons. The van der Waals surface area contributed by atoms with Gasteiger partial charge in [-0.05, 0) is 36.3 Å². The molecule has 8 heteroatoms. The normalized spacial score (nSPS) is 14.4. The first kappa shape index (κ1) is 23.5. The fourth-order valence-electron chi connectivity index (χ4n) is 3.21. The van der Waals surface area contributed by atoms with E-state index in [0.717, 1.165) is 17.7 Å². The van der Waals surface area contributed by atoms with Gasteiger partial charge in [-0.1, -0.05) is 62.8 Å². The van der Waals surface area contributed by atoms with Crippen LogP contribution in [-0.2, 0) is 9.53 Å². The third kappa shape index (κ3) is 6.40. The molecule has 0 saturated heterocycles. The Morgan fingerprint density at radius 2 is 1.81 bits per heavy atom. The summed E-state index contributed by atoms with van der Waals surface area (Å²) < 4.78 is 11.0. The number of ether oxygens (including phenoxy) is 2. The number of cyclic esters (lactones) is 1. The van der Waals surface area contributed by atoms with Gasteiger partial charge in [0.05, 0.1) is 22.1 Å². The van der Waals surface area contributed by atoms with Crippen molar-refractivity contribution in [2.24, 2.45) is 4.99 Å². The van der Waals surface area contributed by atoms with Crippen LogP contribution >= 0.6 is 11.6 Å². The molecule has 0 radical (unpaired) electrons. The third-order valence-electron chi connectivity index (χ3n) is 4.96. The third-order valence-corrected chi connectivity index (χ3v) is 5.28. The van der Waals surface area contributed by atoms with E-state index in [4.69, 9.17) is 21.1 Å². The second-order valence-electron chi connectivity index (χ2n) is 7.44. The first-order valence-electron chi connectivity index (χ1n) is 10.7. The number of carbonyl (C=O) groups is 1. The lowest BCUT2D eigenvalue weighted by atomic mass is 10.1. The summed E-state index contributed by atoms with van der Waals surface area (Å²) in [4.78, 5) is 26.7. The molecule has 0 aromatic heterocycles. The predicted octanol–water partition coefficient (Wildman–Crippen LogP) is 6.33. The summed E-state index contributed by atoms with van der Waals surface area (Å²) in [6.45, 7) is 2.89. The monoisotopic (exact) mass is 456 g/mol. The Balaban J connectivity index is 1.60. The molecular formula is C24H25ClN2O5. The number of non-ortho nitro benzene ring substituents is 1. The lowest BCUT2D eigenvalue weighted by molar-refractivity contribution is -0.384. The fourth-order valence-corrected chi connectivity index (χ4v) is 3.46. The van der Waals surface area contributed by atoms with E-state index in [-0.39, 0.29) is 22.3 Å². The minimum Gasteiger partial charge on any atom is -0.494 e. The van der Waals surface area contributed by atoms with E-state index >= 15 is 0 Å². The van der Waals surface area contributed by atoms with Gasteiger partial charge in [0.25, 0.3) is 5.69 Å². The van der Waals surface area contributed by atoms with Gasteiger partial charge in [-0.3, -0.25) is 10.1 Å². The summed E-state index contributed by atoms with van der Waals surface area (Å²) in [5.74, 6) is 0.175. The number of unbranched alkanes of at least 4 members (excludes halogenated alkanes) is 5. The zero-order valence-corrected chi connectivity index (χ0v) is 18.6. The number of aliphatic imine (C=N–C) groups is 1. The van der Waals surface area contributed by atoms with Crippen molar-refractivity contribution in [3.63, 3.8) is 0 Å². The highest BCUT2D eigenvalue weighted by Crippen LogP contribution is 2.27. The Morgan fingerprint density at radius 3 is 2.50 bits per heavy atom. The van der Waals surface area contributed by atoms with Crippen molar-refractivity contribution < 1.29 is 19.2 Å². The van der Waals surface area contributed by atoms with Crippen LogP contribution < -0.4 is 4.74 Å². The molecule has 1 aliphatic rings. The summed E-state index contributed by atoms with van der Waals surface area (Å²) in [5.41, 5.74) is 1.05. The van der Waals surface area contributed by atoms with Gasteiger partial charge in [0, 0.05) is 12.1 Å². The minimum atomic E-state index is -0.613. The van der Waals surface area contributed by atoms with Crippen LogP contribution in [0, 0.1) is 10.1 Å². The Hall–Kier alpha value is -3.19. The van der Waals surface area contributed by atoms with E-state index in [0.29, 0.717) is 12.2 Å². The minimum absolute atomic E-state index is 0.0139. The number of benzene rings is 2. The number of nitro benzene ring substituents is 1. The number of rotatable bonds is 11. The summed E-state index contributed by atoms with van der Waals surface area (Å²) in [5, 5.41) is 10.9. The average Bonchev–Trinajstić information content (AvgIpc) is 3.14. The number of nitrogens with zero attached hydrogens (tertiary/aromatic N) is 2. The molecule has 0 unspecified atom stereocenters. The number of hydrogen-bond acceptors (Lipinski definition) is 6. The van der Waals surface area contributed by atoms with Crippen molar-refractivity contribution in [1.82, 2.24) is 0 Å². The van der Waals surface area contributed by atoms with Gasteiger partial charge in [0.1, 0.15) is 5.75 Å². The van der Waals surface area contributed by atoms with Gasteiger partial charge in [-0.15, -0.1) is 0 Å². The first-order chi connectivity index (χ1) is 15.5. The molecule has 1 heterocycles. The van der Waals surface area contributed by atoms with E-state index in [1.54, 1.807) is 6.08 Å². The van der Waals surface area contributed by atoms with Crippen LogP contribution in [0.15, 0.2) is 53.2 Å². The molecule has 0 atom stereocenters. The van der Waals surface area contributed by atoms with Gasteiger partial charge < -0.3 is 9.47 Å². The van der Waals surface area contributed by atoms with Gasteiger partial charge in [-0.2, -0.15) is 0 Å². The van der Waals surface area contributed by atoms with E-state index < -0.39 is 10.9 Å². The number of hydrogen-bond donors (Lipinski definition) is 0. The van der Waals surface area contributed by atoms with Crippen LogP contribution in [0.2, 0.25) is 5.02 Å². The molecule has 0 fully saturated rings. The average molecular weight is 457 g/mol. The molecule has 2 aromatic rings. The van der Waals surface area contributed by atoms with E-state index in [1.807, 2.05) is 24.3 Å². The zero-order chi connectivity index (χ0) is 22.9. The standard InChI is InChI=1S/C24H25ClN2O5/c1-2-3-4-5-6-7-14-31-19-11-8-17(9-12-19)15-22-24(28)32-23(26-22)20-13-10-18(27(29)30)16-21(20)25/h8-13,15-16H,2-7,14H2,1H3. The van der Waals surface area contributed by atoms with Gasteiger partial charge in [0.2, 0.25) is 5.90 Å². The SMILES string of the molecule is CCCCCCCCOc1ccc(C=C2N=C(c3ccc([N+](=O)[O-])cc3Cl)OC2=O)cc1. The number of nitro groups is 1. The Morgan fingerprint density at radius 1 is 1.09 bits per heavy atom. The topological polar surface area (TPSA) is 91.0 Å². The first-order valence-corrected chi connectivity index (χ1v) is 11.1. The molecular weight excluding hydrogens is 432 g/mol. The molecule has 7 nitrogen and oxygen atoms in total. The smallest absolute Gasteiger partial charge is 0.363 e. The van der Waals surface area contributed by atoms with Crippen molar-refractivity contribution in [2.75, 3.05) is 6.61 Å². The van der Waals surface area contributed by atoms with E-state index in [1.165, 1.54) is 50.3 Å². The van der Waals surface area contributed by atoms with Crippen molar-refractivity contribution in [2.45, 2.75) is 45.4 Å². The van der Waals surface area contributed by atoms with Crippen LogP contribution in [0.5, 0.6) is 5.75 Å². The van der Waals surface area contributed by atoms with E-state index in [9.17, 15) is 14.9 Å². The highest BCUT2D eigenvalue weighted by molar-refractivity contribution is 6.34. The van der Waals surface area contributed by atoms with Crippen molar-refractivity contribution in [1.29, 1.82) is 0 Å². The van der Waals surface area contributed by atoms with Crippen LogP contribution in [-0.4, -0.2) is 23.4 Å². The lowest BCUT2D eigenvalue weighted by Gasteiger charge is -2.06. The molecule has 0 N–H and O–H groups in total. The Bertz CT molecular complexity index is 1030. The van der Waals surface area contributed by atoms with Gasteiger partial charge >= 0.3 is 5.97 Å². The summed E-state index contributed by atoms with van der Waals surface area (Å²) in [7, 11) is 0. The highest BCUT2D eigenvalue weighted by Gasteiger charge is 2.26. The molecule has 0 aliphatic carbocycles. The summed E-state index contributed by atoms with van der Waals surface area (Å²) in [6, 6.07) is 11.3. The molecule has 0 bridgehead atoms. The van der Waals surface area contributed by atoms with Gasteiger partial charge in [-0.25, -0.2) is 9.79 Å². The summed E-state index contributed by atoms with van der Waals surface area (Å²) >= 11 is 6.10. The maximum Gasteiger partial charge on any atom is 0.363 e. The lowest BCUT2D eigenvalue weighted by Crippen LogP contribution is -2.06. The number of esters is 1. The quantitative estimate of drug-likeness (QED) is 0.129. The highest BCUT2D eigenvalue weighted by atomic mass is 35.5. The molecule has 0 saturated carbocycles. The maximum atomic E-state index is 12.2. The molecule has 2 aromatic carbocycles. The maximum absolute atomic E-state index is 12.2. The molecule has 3 rings (SSSR count). The molecule has 0 spiro atoms. The van der Waals surface area contributed by atoms with Crippen molar-refractivity contribution in [3.8, 4) is 5.75 Å². The van der Waals surface area contributed by atoms with Crippen LogP contribution in [0.3, 0.4) is 0 Å². The van der Waals surface area contributed by atoms with Crippen molar-refractivity contribution in [3.05, 3.63) is 74.4 Å². The largest absolute Gasteiger partial charge is 0.494 e. The number of carbonyl (C=O) groups excluding carboxylic acids is 1. The summed E-state index contributed by atoms with van der Waals surface area (Å²) in [6.07, 6.45) is 8.86. The Kier molecular flexibility index (Phi) is 8.39. The second-order valence-corrected chi connectivity index (χ2v) is 7.85. The fraction of sp³-hybridized carbons (Fsp3) is 0.333. The van der Waals surface area contributed by atoms with Gasteiger partial charge in [0.15, 0.2) is 5.70 Å². The zero-order valence-electron chi connectivity index (χ0n) is 17.9.